The first-order valence-corrected chi connectivity index (χ1v) is 11.8. The minimum Gasteiger partial charge on any atom is -0.478 e. The molecule has 0 radical (unpaired) electrons. The van der Waals surface area contributed by atoms with E-state index in [1.54, 1.807) is 6.08 Å². The molecule has 1 fully saturated rings. The SMILES string of the molecule is Cc1cccc(-c2cccc(C[C@H](O)C#C[C@H]3[C@H](O)CC(=O)[C@@H]3CCCCC=CC(=O)O)c2)c1. The standard InChI is InChI=1S/C29H32O5/c1-20-8-6-10-22(16-20)23-11-7-9-21(17-23)18-24(30)14-15-26-25(27(31)19-28(26)32)12-4-2-3-5-13-29(33)34/h5-11,13,16-17,24-26,28,30,32H,2-4,12,18-19H2,1H3,(H,33,34)/t24-,25-,26-,28-/m1/s1. The molecule has 4 atom stereocenters. The van der Waals surface area contributed by atoms with Gasteiger partial charge in [-0.05, 0) is 42.9 Å². The van der Waals surface area contributed by atoms with E-state index in [1.807, 2.05) is 24.3 Å². The highest BCUT2D eigenvalue weighted by atomic mass is 16.4. The number of aliphatic hydroxyl groups is 2. The van der Waals surface area contributed by atoms with Crippen molar-refractivity contribution in [1.29, 1.82) is 0 Å². The second-order valence-electron chi connectivity index (χ2n) is 8.97. The van der Waals surface area contributed by atoms with Crippen LogP contribution in [0.15, 0.2) is 60.7 Å². The van der Waals surface area contributed by atoms with E-state index in [4.69, 9.17) is 5.11 Å². The second kappa shape index (κ2) is 12.3. The highest BCUT2D eigenvalue weighted by Crippen LogP contribution is 2.33. The molecule has 2 aromatic carbocycles. The smallest absolute Gasteiger partial charge is 0.327 e. The molecule has 2 aromatic rings. The van der Waals surface area contributed by atoms with Gasteiger partial charge in [-0.1, -0.05) is 78.4 Å². The van der Waals surface area contributed by atoms with Crippen LogP contribution >= 0.6 is 0 Å². The zero-order valence-electron chi connectivity index (χ0n) is 19.5. The van der Waals surface area contributed by atoms with Gasteiger partial charge < -0.3 is 15.3 Å². The number of carbonyl (C=O) groups is 2. The van der Waals surface area contributed by atoms with E-state index >= 15 is 0 Å². The van der Waals surface area contributed by atoms with Gasteiger partial charge in [-0.15, -0.1) is 0 Å². The number of carboxylic acid groups (broad SMARTS) is 1. The third kappa shape index (κ3) is 7.41. The van der Waals surface area contributed by atoms with E-state index in [1.165, 1.54) is 5.56 Å². The number of aliphatic carboxylic acids is 1. The average molecular weight is 461 g/mol. The Kier molecular flexibility index (Phi) is 9.21. The molecule has 1 aliphatic carbocycles. The van der Waals surface area contributed by atoms with Crippen LogP contribution in [0, 0.1) is 30.6 Å². The number of benzene rings is 2. The molecule has 34 heavy (non-hydrogen) atoms. The fourth-order valence-corrected chi connectivity index (χ4v) is 4.47. The van der Waals surface area contributed by atoms with Crippen LogP contribution in [0.4, 0.5) is 0 Å². The first kappa shape index (κ1) is 25.4. The minimum absolute atomic E-state index is 0.00761. The summed E-state index contributed by atoms with van der Waals surface area (Å²) < 4.78 is 0. The van der Waals surface area contributed by atoms with Gasteiger partial charge in [-0.2, -0.15) is 0 Å². The number of aryl methyl sites for hydroxylation is 1. The highest BCUT2D eigenvalue weighted by molar-refractivity contribution is 5.85. The molecule has 5 nitrogen and oxygen atoms in total. The number of carbonyl (C=O) groups excluding carboxylic acids is 1. The molecule has 0 amide bonds. The number of Topliss-reactive ketones (excluding diaryl/α,β-unsaturated/α-hetero) is 1. The number of rotatable bonds is 9. The first-order chi connectivity index (χ1) is 16.3. The molecule has 0 saturated heterocycles. The summed E-state index contributed by atoms with van der Waals surface area (Å²) in [6, 6.07) is 16.3. The average Bonchev–Trinajstić information content (AvgIpc) is 3.06. The normalized spacial score (nSPS) is 20.8. The Bertz CT molecular complexity index is 1090. The van der Waals surface area contributed by atoms with Crippen LogP contribution in [0.2, 0.25) is 0 Å². The van der Waals surface area contributed by atoms with Gasteiger partial charge in [0.25, 0.3) is 0 Å². The van der Waals surface area contributed by atoms with E-state index < -0.39 is 24.1 Å². The molecular weight excluding hydrogens is 428 g/mol. The number of aliphatic hydroxyl groups excluding tert-OH is 2. The van der Waals surface area contributed by atoms with Crippen LogP contribution in [0.5, 0.6) is 0 Å². The van der Waals surface area contributed by atoms with Crippen molar-refractivity contribution in [2.24, 2.45) is 11.8 Å². The molecule has 1 aliphatic rings. The van der Waals surface area contributed by atoms with E-state index in [-0.39, 0.29) is 18.1 Å². The summed E-state index contributed by atoms with van der Waals surface area (Å²) in [5, 5.41) is 29.5. The summed E-state index contributed by atoms with van der Waals surface area (Å²) in [5.41, 5.74) is 4.35. The number of allylic oxidation sites excluding steroid dienone is 1. The summed E-state index contributed by atoms with van der Waals surface area (Å²) in [6.07, 6.45) is 4.24. The van der Waals surface area contributed by atoms with Crippen molar-refractivity contribution >= 4 is 11.8 Å². The summed E-state index contributed by atoms with van der Waals surface area (Å²) >= 11 is 0. The molecule has 0 unspecified atom stereocenters. The van der Waals surface area contributed by atoms with Gasteiger partial charge in [0.05, 0.1) is 12.0 Å². The van der Waals surface area contributed by atoms with Gasteiger partial charge in [0.2, 0.25) is 0 Å². The summed E-state index contributed by atoms with van der Waals surface area (Å²) in [5.74, 6) is 4.07. The number of ketones is 1. The molecule has 3 N–H and O–H groups in total. The van der Waals surface area contributed by atoms with Gasteiger partial charge in [0, 0.05) is 24.8 Å². The Labute approximate surface area is 201 Å². The molecule has 0 aromatic heterocycles. The minimum atomic E-state index is -0.968. The van der Waals surface area contributed by atoms with Crippen LogP contribution in [0.1, 0.15) is 43.2 Å². The predicted molar refractivity (Wildman–Crippen MR) is 132 cm³/mol. The Morgan fingerprint density at radius 3 is 2.62 bits per heavy atom. The summed E-state index contributed by atoms with van der Waals surface area (Å²) in [7, 11) is 0. The molecule has 0 heterocycles. The lowest BCUT2D eigenvalue weighted by atomic mass is 9.89. The number of carboxylic acids is 1. The third-order valence-corrected chi connectivity index (χ3v) is 6.19. The number of unbranched alkanes of at least 4 members (excludes halogenated alkanes) is 2. The van der Waals surface area contributed by atoms with Crippen LogP contribution in [0.3, 0.4) is 0 Å². The highest BCUT2D eigenvalue weighted by Gasteiger charge is 2.40. The van der Waals surface area contributed by atoms with Crippen LogP contribution < -0.4 is 0 Å². The zero-order chi connectivity index (χ0) is 24.5. The number of hydrogen-bond donors (Lipinski definition) is 3. The maximum atomic E-state index is 12.4. The third-order valence-electron chi connectivity index (χ3n) is 6.19. The van der Waals surface area contributed by atoms with Gasteiger partial charge in [-0.3, -0.25) is 4.79 Å². The molecular formula is C29H32O5. The Balaban J connectivity index is 1.59. The lowest BCUT2D eigenvalue weighted by Gasteiger charge is -2.15. The molecule has 1 saturated carbocycles. The van der Waals surface area contributed by atoms with Gasteiger partial charge in [-0.25, -0.2) is 4.79 Å². The fraction of sp³-hybridized carbons (Fsp3) is 0.379. The Hall–Kier alpha value is -3.20. The second-order valence-corrected chi connectivity index (χ2v) is 8.97. The van der Waals surface area contributed by atoms with Crippen molar-refractivity contribution in [2.75, 3.05) is 0 Å². The molecule has 0 spiro atoms. The largest absolute Gasteiger partial charge is 0.478 e. The fourth-order valence-electron chi connectivity index (χ4n) is 4.47. The Morgan fingerprint density at radius 2 is 1.88 bits per heavy atom. The molecule has 5 heteroatoms. The predicted octanol–water partition coefficient (Wildman–Crippen LogP) is 4.34. The van der Waals surface area contributed by atoms with Crippen molar-refractivity contribution in [2.45, 2.75) is 57.7 Å². The zero-order valence-corrected chi connectivity index (χ0v) is 19.5. The maximum Gasteiger partial charge on any atom is 0.327 e. The number of hydrogen-bond acceptors (Lipinski definition) is 4. The lowest BCUT2D eigenvalue weighted by Crippen LogP contribution is -2.20. The first-order valence-electron chi connectivity index (χ1n) is 11.8. The topological polar surface area (TPSA) is 94.8 Å². The van der Waals surface area contributed by atoms with Gasteiger partial charge in [0.1, 0.15) is 11.9 Å². The quantitative estimate of drug-likeness (QED) is 0.294. The molecule has 178 valence electrons. The lowest BCUT2D eigenvalue weighted by molar-refractivity contribution is -0.131. The van der Waals surface area contributed by atoms with E-state index in [0.29, 0.717) is 19.3 Å². The Morgan fingerprint density at radius 1 is 1.15 bits per heavy atom. The molecule has 0 bridgehead atoms. The van der Waals surface area contributed by atoms with Crippen molar-refractivity contribution in [1.82, 2.24) is 0 Å². The molecule has 3 rings (SSSR count). The van der Waals surface area contributed by atoms with Gasteiger partial charge in [0.15, 0.2) is 0 Å². The molecule has 0 aliphatic heterocycles. The maximum absolute atomic E-state index is 12.4. The summed E-state index contributed by atoms with van der Waals surface area (Å²) in [4.78, 5) is 22.9. The van der Waals surface area contributed by atoms with Crippen molar-refractivity contribution in [3.63, 3.8) is 0 Å². The van der Waals surface area contributed by atoms with Crippen LogP contribution in [-0.4, -0.2) is 39.3 Å². The van der Waals surface area contributed by atoms with Crippen LogP contribution in [-0.2, 0) is 16.0 Å². The van der Waals surface area contributed by atoms with Crippen molar-refractivity contribution in [3.05, 3.63) is 71.8 Å². The monoisotopic (exact) mass is 460 g/mol. The van der Waals surface area contributed by atoms with E-state index in [2.05, 4.69) is 43.0 Å². The van der Waals surface area contributed by atoms with Crippen molar-refractivity contribution in [3.8, 4) is 23.0 Å². The van der Waals surface area contributed by atoms with Crippen molar-refractivity contribution < 1.29 is 24.9 Å². The van der Waals surface area contributed by atoms with Gasteiger partial charge >= 0.3 is 5.97 Å². The van der Waals surface area contributed by atoms with Crippen LogP contribution in [0.25, 0.3) is 11.1 Å². The summed E-state index contributed by atoms with van der Waals surface area (Å²) in [6.45, 7) is 2.05. The van der Waals surface area contributed by atoms with E-state index in [9.17, 15) is 19.8 Å². The van der Waals surface area contributed by atoms with E-state index in [0.717, 1.165) is 35.6 Å².